The summed E-state index contributed by atoms with van der Waals surface area (Å²) in [5.74, 6) is 1.59. The van der Waals surface area contributed by atoms with Crippen LogP contribution in [0.4, 0.5) is 0 Å². The Morgan fingerprint density at radius 1 is 1.10 bits per heavy atom. The lowest BCUT2D eigenvalue weighted by Crippen LogP contribution is -2.02. The molecule has 2 rings (SSSR count). The minimum Gasteiger partial charge on any atom is -0.496 e. The Labute approximate surface area is 164 Å². The van der Waals surface area contributed by atoms with E-state index in [1.165, 1.54) is 3.57 Å². The van der Waals surface area contributed by atoms with Crippen molar-refractivity contribution >= 4 is 67.8 Å². The van der Waals surface area contributed by atoms with E-state index in [4.69, 9.17) is 14.7 Å². The van der Waals surface area contributed by atoms with Crippen molar-refractivity contribution in [1.29, 1.82) is 5.26 Å². The average Bonchev–Trinajstić information content (AvgIpc) is 2.45. The highest BCUT2D eigenvalue weighted by Gasteiger charge is 2.11. The van der Waals surface area contributed by atoms with Crippen LogP contribution in [0.25, 0.3) is 0 Å². The minimum atomic E-state index is 0.366. The second kappa shape index (κ2) is 7.82. The standard InChI is InChI=1S/C15H10I3NO2/c1-20-14-3-2-9(7-19)4-10(14)8-21-15-12(17)5-11(16)6-13(15)18/h2-6H,8H2,1H3. The lowest BCUT2D eigenvalue weighted by molar-refractivity contribution is 0.292. The number of halogens is 3. The first-order valence-corrected chi connectivity index (χ1v) is 9.13. The van der Waals surface area contributed by atoms with Crippen molar-refractivity contribution in [2.24, 2.45) is 0 Å². The van der Waals surface area contributed by atoms with Crippen LogP contribution in [-0.4, -0.2) is 7.11 Å². The Balaban J connectivity index is 2.26. The fourth-order valence-corrected chi connectivity index (χ4v) is 5.67. The lowest BCUT2D eigenvalue weighted by atomic mass is 10.1. The molecule has 108 valence electrons. The number of nitriles is 1. The van der Waals surface area contributed by atoms with Crippen LogP contribution in [-0.2, 0) is 6.61 Å². The summed E-state index contributed by atoms with van der Waals surface area (Å²) in [6.07, 6.45) is 0. The Morgan fingerprint density at radius 2 is 1.76 bits per heavy atom. The molecular formula is C15H10I3NO2. The molecule has 0 fully saturated rings. The van der Waals surface area contributed by atoms with E-state index in [2.05, 4.69) is 86.0 Å². The van der Waals surface area contributed by atoms with Crippen LogP contribution < -0.4 is 9.47 Å². The van der Waals surface area contributed by atoms with Gasteiger partial charge in [0.1, 0.15) is 18.1 Å². The molecule has 2 aromatic carbocycles. The van der Waals surface area contributed by atoms with E-state index in [0.717, 1.165) is 24.2 Å². The summed E-state index contributed by atoms with van der Waals surface area (Å²) in [5, 5.41) is 8.99. The van der Waals surface area contributed by atoms with Gasteiger partial charge in [0.15, 0.2) is 0 Å². The maximum Gasteiger partial charge on any atom is 0.146 e. The van der Waals surface area contributed by atoms with Crippen molar-refractivity contribution in [3.63, 3.8) is 0 Å². The topological polar surface area (TPSA) is 42.2 Å². The molecule has 0 atom stereocenters. The first-order chi connectivity index (χ1) is 10.0. The highest BCUT2D eigenvalue weighted by Crippen LogP contribution is 2.31. The molecule has 21 heavy (non-hydrogen) atoms. The van der Waals surface area contributed by atoms with Gasteiger partial charge in [-0.05, 0) is 98.1 Å². The SMILES string of the molecule is COc1ccc(C#N)cc1COc1c(I)cc(I)cc1I. The molecule has 0 N–H and O–H groups in total. The summed E-state index contributed by atoms with van der Waals surface area (Å²) in [4.78, 5) is 0. The van der Waals surface area contributed by atoms with Crippen molar-refractivity contribution < 1.29 is 9.47 Å². The number of methoxy groups -OCH3 is 1. The number of hydrogen-bond acceptors (Lipinski definition) is 3. The van der Waals surface area contributed by atoms with Crippen LogP contribution >= 0.6 is 67.8 Å². The summed E-state index contributed by atoms with van der Waals surface area (Å²) >= 11 is 6.82. The number of hydrogen-bond donors (Lipinski definition) is 0. The first-order valence-electron chi connectivity index (χ1n) is 5.89. The third kappa shape index (κ3) is 4.35. The normalized spacial score (nSPS) is 10.0. The average molecular weight is 617 g/mol. The molecule has 0 unspecified atom stereocenters. The van der Waals surface area contributed by atoms with E-state index in [9.17, 15) is 0 Å². The molecule has 0 aliphatic rings. The molecule has 0 saturated heterocycles. The molecule has 0 bridgehead atoms. The summed E-state index contributed by atoms with van der Waals surface area (Å²) in [5.41, 5.74) is 1.46. The Kier molecular flexibility index (Phi) is 6.36. The molecule has 0 spiro atoms. The maximum absolute atomic E-state index is 8.99. The number of rotatable bonds is 4. The van der Waals surface area contributed by atoms with Crippen molar-refractivity contribution in [2.75, 3.05) is 7.11 Å². The predicted molar refractivity (Wildman–Crippen MR) is 107 cm³/mol. The Hall–Kier alpha value is -0.280. The zero-order valence-electron chi connectivity index (χ0n) is 11.0. The minimum absolute atomic E-state index is 0.366. The smallest absolute Gasteiger partial charge is 0.146 e. The third-order valence-electron chi connectivity index (χ3n) is 2.74. The van der Waals surface area contributed by atoms with Crippen LogP contribution in [0.15, 0.2) is 30.3 Å². The molecule has 3 nitrogen and oxygen atoms in total. The van der Waals surface area contributed by atoms with Gasteiger partial charge in [-0.15, -0.1) is 0 Å². The highest BCUT2D eigenvalue weighted by molar-refractivity contribution is 14.1. The summed E-state index contributed by atoms with van der Waals surface area (Å²) in [6, 6.07) is 11.6. The predicted octanol–water partition coefficient (Wildman–Crippen LogP) is 4.96. The molecule has 0 heterocycles. The van der Waals surface area contributed by atoms with E-state index in [1.54, 1.807) is 25.3 Å². The van der Waals surface area contributed by atoms with Gasteiger partial charge >= 0.3 is 0 Å². The van der Waals surface area contributed by atoms with Gasteiger partial charge in [-0.2, -0.15) is 5.26 Å². The van der Waals surface area contributed by atoms with Gasteiger partial charge in [-0.1, -0.05) is 0 Å². The lowest BCUT2D eigenvalue weighted by Gasteiger charge is -2.13. The van der Waals surface area contributed by atoms with Crippen LogP contribution in [0.3, 0.4) is 0 Å². The molecule has 0 aliphatic carbocycles. The van der Waals surface area contributed by atoms with Gasteiger partial charge in [0.25, 0.3) is 0 Å². The van der Waals surface area contributed by atoms with Gasteiger partial charge in [0.2, 0.25) is 0 Å². The fourth-order valence-electron chi connectivity index (χ4n) is 1.78. The molecule has 0 aliphatic heterocycles. The molecule has 0 radical (unpaired) electrons. The number of ether oxygens (including phenoxy) is 2. The monoisotopic (exact) mass is 617 g/mol. The first kappa shape index (κ1) is 17.1. The van der Waals surface area contributed by atoms with Crippen LogP contribution in [0.5, 0.6) is 11.5 Å². The number of nitrogens with zero attached hydrogens (tertiary/aromatic N) is 1. The van der Waals surface area contributed by atoms with E-state index in [-0.39, 0.29) is 0 Å². The molecule has 2 aromatic rings. The second-order valence-corrected chi connectivity index (χ2v) is 7.70. The summed E-state index contributed by atoms with van der Waals surface area (Å²) in [6.45, 7) is 0.366. The van der Waals surface area contributed by atoms with Crippen LogP contribution in [0.2, 0.25) is 0 Å². The van der Waals surface area contributed by atoms with E-state index in [1.807, 2.05) is 0 Å². The van der Waals surface area contributed by atoms with Crippen molar-refractivity contribution in [1.82, 2.24) is 0 Å². The van der Waals surface area contributed by atoms with E-state index < -0.39 is 0 Å². The van der Waals surface area contributed by atoms with Crippen LogP contribution in [0.1, 0.15) is 11.1 Å². The van der Waals surface area contributed by atoms with Crippen molar-refractivity contribution in [3.05, 3.63) is 52.2 Å². The molecule has 0 amide bonds. The Bertz CT molecular complexity index is 688. The zero-order valence-corrected chi connectivity index (χ0v) is 17.5. The Morgan fingerprint density at radius 3 is 2.33 bits per heavy atom. The summed E-state index contributed by atoms with van der Waals surface area (Å²) in [7, 11) is 1.61. The third-order valence-corrected chi connectivity index (χ3v) is 4.97. The van der Waals surface area contributed by atoms with Crippen molar-refractivity contribution in [2.45, 2.75) is 6.61 Å². The second-order valence-electron chi connectivity index (χ2n) is 4.13. The van der Waals surface area contributed by atoms with E-state index in [0.29, 0.717) is 12.2 Å². The van der Waals surface area contributed by atoms with Gasteiger partial charge < -0.3 is 9.47 Å². The number of benzene rings is 2. The van der Waals surface area contributed by atoms with Crippen molar-refractivity contribution in [3.8, 4) is 17.6 Å². The highest BCUT2D eigenvalue weighted by atomic mass is 127. The fraction of sp³-hybridized carbons (Fsp3) is 0.133. The molecular weight excluding hydrogens is 607 g/mol. The van der Waals surface area contributed by atoms with Gasteiger partial charge in [0, 0.05) is 9.13 Å². The quantitative estimate of drug-likeness (QED) is 0.457. The molecule has 0 saturated carbocycles. The molecule has 6 heteroatoms. The van der Waals surface area contributed by atoms with E-state index >= 15 is 0 Å². The molecule has 0 aromatic heterocycles. The maximum atomic E-state index is 8.99. The zero-order chi connectivity index (χ0) is 15.4. The van der Waals surface area contributed by atoms with Crippen LogP contribution in [0, 0.1) is 22.0 Å². The van der Waals surface area contributed by atoms with Gasteiger partial charge in [0.05, 0.1) is 25.9 Å². The van der Waals surface area contributed by atoms with Gasteiger partial charge in [-0.25, -0.2) is 0 Å². The largest absolute Gasteiger partial charge is 0.496 e. The summed E-state index contributed by atoms with van der Waals surface area (Å²) < 4.78 is 14.6. The van der Waals surface area contributed by atoms with Gasteiger partial charge in [-0.3, -0.25) is 0 Å².